The van der Waals surface area contributed by atoms with Gasteiger partial charge in [0.15, 0.2) is 11.6 Å². The highest BCUT2D eigenvalue weighted by atomic mass is 16.1. The molecule has 6 aromatic rings. The molecule has 1 amide bonds. The number of aromatic amines is 2. The van der Waals surface area contributed by atoms with Gasteiger partial charge in [-0.05, 0) is 54.7 Å². The first-order valence-electron chi connectivity index (χ1n) is 13.6. The van der Waals surface area contributed by atoms with Gasteiger partial charge in [0.1, 0.15) is 11.2 Å². The molecule has 3 N–H and O–H groups in total. The second kappa shape index (κ2) is 10.3. The van der Waals surface area contributed by atoms with Crippen molar-refractivity contribution in [3.05, 3.63) is 84.8 Å². The highest BCUT2D eigenvalue weighted by Crippen LogP contribution is 2.33. The quantitative estimate of drug-likeness (QED) is 0.254. The first-order valence-corrected chi connectivity index (χ1v) is 13.6. The Hall–Kier alpha value is -5.05. The molecule has 0 unspecified atom stereocenters. The molecule has 1 saturated heterocycles. The van der Waals surface area contributed by atoms with Gasteiger partial charge in [0.25, 0.3) is 0 Å². The van der Waals surface area contributed by atoms with Crippen LogP contribution in [0.3, 0.4) is 0 Å². The number of nitrogens with zero attached hydrogens (tertiary/aromatic N) is 5. The number of pyridine rings is 2. The Balaban J connectivity index is 1.19. The molecule has 198 valence electrons. The molecule has 1 aliphatic heterocycles. The number of fused-ring (bicyclic) bond motifs is 2. The van der Waals surface area contributed by atoms with Gasteiger partial charge in [-0.15, -0.1) is 0 Å². The summed E-state index contributed by atoms with van der Waals surface area (Å²) in [6.45, 7) is 2.01. The van der Waals surface area contributed by atoms with E-state index < -0.39 is 0 Å². The van der Waals surface area contributed by atoms with Crippen molar-refractivity contribution in [1.82, 2.24) is 30.1 Å². The summed E-state index contributed by atoms with van der Waals surface area (Å²) >= 11 is 0. The number of piperidine rings is 1. The van der Waals surface area contributed by atoms with Crippen LogP contribution in [0.15, 0.2) is 79.3 Å². The molecule has 4 aromatic heterocycles. The number of hydrogen-bond acceptors (Lipinski definition) is 6. The zero-order valence-corrected chi connectivity index (χ0v) is 21.9. The van der Waals surface area contributed by atoms with E-state index in [1.807, 2.05) is 60.8 Å². The van der Waals surface area contributed by atoms with Crippen LogP contribution in [-0.4, -0.2) is 49.1 Å². The van der Waals surface area contributed by atoms with Crippen molar-refractivity contribution < 1.29 is 4.79 Å². The minimum Gasteiger partial charge on any atom is -0.355 e. The zero-order valence-electron chi connectivity index (χ0n) is 21.9. The van der Waals surface area contributed by atoms with Crippen molar-refractivity contribution in [2.45, 2.75) is 25.7 Å². The fourth-order valence-corrected chi connectivity index (χ4v) is 5.40. The van der Waals surface area contributed by atoms with Crippen molar-refractivity contribution in [1.29, 1.82) is 0 Å². The minimum absolute atomic E-state index is 0.0824. The number of carbonyl (C=O) groups excluding carboxylic acids is 1. The summed E-state index contributed by atoms with van der Waals surface area (Å²) in [6.07, 6.45) is 9.22. The van der Waals surface area contributed by atoms with E-state index in [9.17, 15) is 4.79 Å². The molecule has 0 atom stereocenters. The number of nitrogens with one attached hydrogen (secondary N) is 3. The van der Waals surface area contributed by atoms with E-state index in [0.29, 0.717) is 17.9 Å². The smallest absolute Gasteiger partial charge is 0.228 e. The van der Waals surface area contributed by atoms with Gasteiger partial charge in [0.2, 0.25) is 5.91 Å². The molecule has 0 spiro atoms. The van der Waals surface area contributed by atoms with Crippen LogP contribution < -0.4 is 10.2 Å². The molecule has 0 bridgehead atoms. The molecule has 0 saturated carbocycles. The molecular weight excluding hydrogens is 500 g/mol. The van der Waals surface area contributed by atoms with Gasteiger partial charge in [-0.1, -0.05) is 36.4 Å². The summed E-state index contributed by atoms with van der Waals surface area (Å²) in [4.78, 5) is 32.4. The van der Waals surface area contributed by atoms with Crippen molar-refractivity contribution >= 4 is 39.3 Å². The minimum atomic E-state index is -0.0824. The Bertz CT molecular complexity index is 1820. The highest BCUT2D eigenvalue weighted by molar-refractivity contribution is 5.97. The van der Waals surface area contributed by atoms with Crippen LogP contribution in [0.4, 0.5) is 11.5 Å². The van der Waals surface area contributed by atoms with E-state index in [4.69, 9.17) is 4.98 Å². The molecule has 2 aromatic carbocycles. The Labute approximate surface area is 230 Å². The molecule has 1 fully saturated rings. The van der Waals surface area contributed by atoms with Crippen LogP contribution in [-0.2, 0) is 11.2 Å². The first-order chi connectivity index (χ1) is 19.7. The lowest BCUT2D eigenvalue weighted by molar-refractivity contribution is -0.115. The Morgan fingerprint density at radius 2 is 1.80 bits per heavy atom. The summed E-state index contributed by atoms with van der Waals surface area (Å²) in [7, 11) is 0. The van der Waals surface area contributed by atoms with E-state index >= 15 is 0 Å². The van der Waals surface area contributed by atoms with E-state index in [-0.39, 0.29) is 5.91 Å². The first kappa shape index (κ1) is 24.0. The number of amides is 1. The molecule has 0 aliphatic carbocycles. The molecule has 5 heterocycles. The summed E-state index contributed by atoms with van der Waals surface area (Å²) in [6, 6.07) is 19.7. The van der Waals surface area contributed by atoms with Gasteiger partial charge >= 0.3 is 0 Å². The lowest BCUT2D eigenvalue weighted by atomic mass is 10.0. The van der Waals surface area contributed by atoms with E-state index in [1.54, 1.807) is 12.4 Å². The van der Waals surface area contributed by atoms with E-state index in [2.05, 4.69) is 41.4 Å². The van der Waals surface area contributed by atoms with E-state index in [1.165, 1.54) is 19.3 Å². The van der Waals surface area contributed by atoms with Crippen molar-refractivity contribution in [3.63, 3.8) is 0 Å². The van der Waals surface area contributed by atoms with Crippen LogP contribution in [0.2, 0.25) is 0 Å². The lowest BCUT2D eigenvalue weighted by Gasteiger charge is -2.27. The monoisotopic (exact) mass is 528 g/mol. The normalized spacial score (nSPS) is 13.7. The average Bonchev–Trinajstić information content (AvgIpc) is 3.62. The van der Waals surface area contributed by atoms with Gasteiger partial charge in [-0.3, -0.25) is 14.9 Å². The molecule has 0 radical (unpaired) electrons. The average molecular weight is 529 g/mol. The van der Waals surface area contributed by atoms with Gasteiger partial charge in [0.05, 0.1) is 29.3 Å². The Kier molecular flexibility index (Phi) is 6.16. The molecule has 9 nitrogen and oxygen atoms in total. The number of rotatable bonds is 6. The summed E-state index contributed by atoms with van der Waals surface area (Å²) < 4.78 is 0. The van der Waals surface area contributed by atoms with Crippen LogP contribution in [0.5, 0.6) is 0 Å². The lowest BCUT2D eigenvalue weighted by Crippen LogP contribution is -2.30. The third-order valence-corrected chi connectivity index (χ3v) is 7.39. The predicted molar refractivity (Wildman–Crippen MR) is 157 cm³/mol. The van der Waals surface area contributed by atoms with Crippen LogP contribution in [0, 0.1) is 0 Å². The molecule has 1 aliphatic rings. The fraction of sp³-hybridized carbons (Fsp3) is 0.194. The maximum atomic E-state index is 12.6. The number of carbonyl (C=O) groups is 1. The zero-order chi connectivity index (χ0) is 26.9. The SMILES string of the molecule is O=C(Cc1ccccc1)Nc1cncc(-c2ccc3[nH]nc(-c4nc5c(N6CCCCC6)nccc5[nH]4)c3c2)c1. The van der Waals surface area contributed by atoms with Gasteiger partial charge < -0.3 is 15.2 Å². The van der Waals surface area contributed by atoms with Crippen molar-refractivity contribution in [2.75, 3.05) is 23.3 Å². The second-order valence-corrected chi connectivity index (χ2v) is 10.2. The Morgan fingerprint density at radius 1 is 0.925 bits per heavy atom. The Morgan fingerprint density at radius 3 is 2.67 bits per heavy atom. The number of aromatic nitrogens is 6. The summed E-state index contributed by atoms with van der Waals surface area (Å²) in [5.74, 6) is 1.54. The van der Waals surface area contributed by atoms with Crippen molar-refractivity contribution in [2.24, 2.45) is 0 Å². The second-order valence-electron chi connectivity index (χ2n) is 10.2. The number of hydrogen-bond donors (Lipinski definition) is 3. The maximum Gasteiger partial charge on any atom is 0.228 e. The van der Waals surface area contributed by atoms with Crippen molar-refractivity contribution in [3.8, 4) is 22.6 Å². The number of anilines is 2. The van der Waals surface area contributed by atoms with Gasteiger partial charge in [-0.25, -0.2) is 9.97 Å². The molecule has 9 heteroatoms. The highest BCUT2D eigenvalue weighted by Gasteiger charge is 2.20. The third-order valence-electron chi connectivity index (χ3n) is 7.39. The largest absolute Gasteiger partial charge is 0.355 e. The van der Waals surface area contributed by atoms with Crippen LogP contribution in [0.25, 0.3) is 44.6 Å². The van der Waals surface area contributed by atoms with Gasteiger partial charge in [0, 0.05) is 36.4 Å². The fourth-order valence-electron chi connectivity index (χ4n) is 5.40. The van der Waals surface area contributed by atoms with Crippen LogP contribution >= 0.6 is 0 Å². The topological polar surface area (TPSA) is 115 Å². The summed E-state index contributed by atoms with van der Waals surface area (Å²) in [5, 5.41) is 11.7. The third kappa shape index (κ3) is 4.66. The number of benzene rings is 2. The number of imidazole rings is 1. The molecule has 7 rings (SSSR count). The van der Waals surface area contributed by atoms with E-state index in [0.717, 1.165) is 63.2 Å². The van der Waals surface area contributed by atoms with Gasteiger partial charge in [-0.2, -0.15) is 5.10 Å². The summed E-state index contributed by atoms with van der Waals surface area (Å²) in [5.41, 5.74) is 6.96. The molecular formula is C31H28N8O. The maximum absolute atomic E-state index is 12.6. The van der Waals surface area contributed by atoms with Crippen LogP contribution in [0.1, 0.15) is 24.8 Å². The predicted octanol–water partition coefficient (Wildman–Crippen LogP) is 5.73. The standard InChI is InChI=1S/C31H28N8O/c40-27(15-20-7-3-1-4-8-20)34-23-16-22(18-32-19-23)21-9-10-25-24(17-21)28(38-37-25)30-35-26-11-12-33-31(29(26)36-30)39-13-5-2-6-14-39/h1,3-4,7-12,16-19H,2,5-6,13-15H2,(H,34,40)(H,35,36)(H,37,38). The molecule has 40 heavy (non-hydrogen) atoms. The number of H-pyrrole nitrogens is 2.